The Balaban J connectivity index is 1.40. The molecular formula is C22H34F3NO4. The van der Waals surface area contributed by atoms with Crippen LogP contribution < -0.4 is 5.32 Å². The predicted molar refractivity (Wildman–Crippen MR) is 104 cm³/mol. The third-order valence-electron chi connectivity index (χ3n) is 7.64. The molecule has 4 aliphatic rings. The van der Waals surface area contributed by atoms with E-state index in [2.05, 4.69) is 5.32 Å². The highest BCUT2D eigenvalue weighted by atomic mass is 19.4. The van der Waals surface area contributed by atoms with Crippen LogP contribution in [0.2, 0.25) is 0 Å². The summed E-state index contributed by atoms with van der Waals surface area (Å²) >= 11 is 0. The van der Waals surface area contributed by atoms with Crippen LogP contribution in [-0.4, -0.2) is 60.7 Å². The number of carbonyl (C=O) groups excluding carboxylic acids is 1. The van der Waals surface area contributed by atoms with Crippen molar-refractivity contribution in [2.75, 3.05) is 13.2 Å². The Morgan fingerprint density at radius 2 is 1.80 bits per heavy atom. The molecule has 4 rings (SSSR count). The van der Waals surface area contributed by atoms with Gasteiger partial charge in [-0.3, -0.25) is 4.79 Å². The van der Waals surface area contributed by atoms with Gasteiger partial charge in [0.1, 0.15) is 12.1 Å². The van der Waals surface area contributed by atoms with Crippen molar-refractivity contribution in [2.24, 2.45) is 17.8 Å². The van der Waals surface area contributed by atoms with E-state index in [4.69, 9.17) is 9.47 Å². The summed E-state index contributed by atoms with van der Waals surface area (Å²) in [6.07, 6.45) is 2.03. The number of hydrogen-bond acceptors (Lipinski definition) is 5. The predicted octanol–water partition coefficient (Wildman–Crippen LogP) is 3.38. The van der Waals surface area contributed by atoms with Gasteiger partial charge < -0.3 is 19.9 Å². The summed E-state index contributed by atoms with van der Waals surface area (Å²) in [4.78, 5) is 13.3. The molecule has 30 heavy (non-hydrogen) atoms. The van der Waals surface area contributed by atoms with E-state index in [0.717, 1.165) is 32.1 Å². The van der Waals surface area contributed by atoms with Crippen LogP contribution in [0, 0.1) is 17.8 Å². The average molecular weight is 434 g/mol. The molecule has 2 saturated heterocycles. The third-order valence-corrected chi connectivity index (χ3v) is 7.64. The smallest absolute Gasteiger partial charge is 0.390 e. The van der Waals surface area contributed by atoms with Gasteiger partial charge in [-0.25, -0.2) is 0 Å². The minimum absolute atomic E-state index is 0.0205. The largest absolute Gasteiger partial charge is 0.403 e. The van der Waals surface area contributed by atoms with E-state index in [1.807, 2.05) is 0 Å². The van der Waals surface area contributed by atoms with Crippen molar-refractivity contribution in [1.29, 1.82) is 0 Å². The number of rotatable bonds is 6. The van der Waals surface area contributed by atoms with Crippen LogP contribution in [0.15, 0.2) is 0 Å². The quantitative estimate of drug-likeness (QED) is 0.672. The molecule has 7 unspecified atom stereocenters. The molecular weight excluding hydrogens is 399 g/mol. The fourth-order valence-corrected chi connectivity index (χ4v) is 5.87. The van der Waals surface area contributed by atoms with E-state index >= 15 is 0 Å². The number of nitrogens with one attached hydrogen (secondary N) is 1. The van der Waals surface area contributed by atoms with Gasteiger partial charge in [0.15, 0.2) is 5.78 Å². The summed E-state index contributed by atoms with van der Waals surface area (Å²) in [7, 11) is 0. The van der Waals surface area contributed by atoms with Crippen molar-refractivity contribution < 1.29 is 32.5 Å². The molecule has 2 aliphatic heterocycles. The molecule has 2 bridgehead atoms. The van der Waals surface area contributed by atoms with E-state index in [1.54, 1.807) is 0 Å². The highest BCUT2D eigenvalue weighted by Crippen LogP contribution is 2.40. The van der Waals surface area contributed by atoms with Crippen LogP contribution in [0.25, 0.3) is 0 Å². The van der Waals surface area contributed by atoms with Gasteiger partial charge in [0.05, 0.1) is 18.8 Å². The van der Waals surface area contributed by atoms with Gasteiger partial charge in [0.2, 0.25) is 0 Å². The SMILES string of the molecule is O=C(C1CCC(C(F)(F)F)NC1COCC1CCCCC1)C1OC2CCC(C2)C1O. The molecule has 0 aromatic rings. The lowest BCUT2D eigenvalue weighted by molar-refractivity contribution is -0.176. The summed E-state index contributed by atoms with van der Waals surface area (Å²) in [5, 5.41) is 13.2. The first-order valence-electron chi connectivity index (χ1n) is 11.6. The Labute approximate surface area is 176 Å². The standard InChI is InChI=1S/C22H34F3NO4/c23-22(24,25)18-9-8-16(17(26-18)12-29-11-13-4-2-1-3-5-13)20(28)21-19(27)14-6-7-15(10-14)30-21/h13-19,21,26-27H,1-12H2. The van der Waals surface area contributed by atoms with E-state index in [1.165, 1.54) is 19.3 Å². The zero-order valence-electron chi connectivity index (χ0n) is 17.4. The van der Waals surface area contributed by atoms with Crippen LogP contribution in [0.3, 0.4) is 0 Å². The average Bonchev–Trinajstić information content (AvgIpc) is 3.14. The number of fused-ring (bicyclic) bond motifs is 2. The maximum Gasteiger partial charge on any atom is 0.403 e. The first-order chi connectivity index (χ1) is 14.3. The van der Waals surface area contributed by atoms with Crippen molar-refractivity contribution in [3.05, 3.63) is 0 Å². The lowest BCUT2D eigenvalue weighted by atomic mass is 9.79. The fourth-order valence-electron chi connectivity index (χ4n) is 5.87. The van der Waals surface area contributed by atoms with Crippen LogP contribution in [0.5, 0.6) is 0 Å². The number of halogens is 3. The topological polar surface area (TPSA) is 67.8 Å². The normalized spacial score (nSPS) is 40.5. The lowest BCUT2D eigenvalue weighted by Gasteiger charge is -2.41. The Morgan fingerprint density at radius 1 is 1.03 bits per heavy atom. The second kappa shape index (κ2) is 9.43. The third kappa shape index (κ3) is 5.03. The maximum atomic E-state index is 13.3. The number of alkyl halides is 3. The van der Waals surface area contributed by atoms with E-state index in [-0.39, 0.29) is 37.3 Å². The van der Waals surface area contributed by atoms with Crippen molar-refractivity contribution in [1.82, 2.24) is 5.32 Å². The van der Waals surface area contributed by atoms with Gasteiger partial charge in [-0.1, -0.05) is 19.3 Å². The second-order valence-corrected chi connectivity index (χ2v) is 9.74. The number of Topliss-reactive ketones (excluding diaryl/α,β-unsaturated/α-hetero) is 1. The minimum Gasteiger partial charge on any atom is -0.390 e. The first-order valence-corrected chi connectivity index (χ1v) is 11.6. The molecule has 172 valence electrons. The van der Waals surface area contributed by atoms with Crippen LogP contribution in [0.4, 0.5) is 13.2 Å². The van der Waals surface area contributed by atoms with Crippen molar-refractivity contribution in [2.45, 2.75) is 101 Å². The zero-order chi connectivity index (χ0) is 21.3. The summed E-state index contributed by atoms with van der Waals surface area (Å²) in [6, 6.07) is -2.34. The van der Waals surface area contributed by atoms with Gasteiger partial charge in [0, 0.05) is 18.6 Å². The molecule has 2 heterocycles. The number of hydrogen-bond donors (Lipinski definition) is 2. The highest BCUT2D eigenvalue weighted by molar-refractivity contribution is 5.87. The van der Waals surface area contributed by atoms with Gasteiger partial charge in [-0.15, -0.1) is 0 Å². The number of ketones is 1. The molecule has 0 aromatic carbocycles. The molecule has 2 N–H and O–H groups in total. The van der Waals surface area contributed by atoms with Gasteiger partial charge in [0.25, 0.3) is 0 Å². The number of ether oxygens (including phenoxy) is 2. The molecule has 0 aromatic heterocycles. The molecule has 0 radical (unpaired) electrons. The molecule has 0 spiro atoms. The summed E-state index contributed by atoms with van der Waals surface area (Å²) in [6.45, 7) is 0.609. The summed E-state index contributed by atoms with van der Waals surface area (Å²) in [5.41, 5.74) is 0. The van der Waals surface area contributed by atoms with E-state index in [0.29, 0.717) is 12.5 Å². The Hall–Kier alpha value is -0.700. The monoisotopic (exact) mass is 433 g/mol. The molecule has 2 saturated carbocycles. The zero-order valence-corrected chi connectivity index (χ0v) is 17.4. The van der Waals surface area contributed by atoms with Gasteiger partial charge >= 0.3 is 6.18 Å². The summed E-state index contributed by atoms with van der Waals surface area (Å²) < 4.78 is 51.7. The number of carbonyl (C=O) groups is 1. The number of aliphatic hydroxyl groups is 1. The molecule has 7 atom stereocenters. The van der Waals surface area contributed by atoms with Crippen molar-refractivity contribution >= 4 is 5.78 Å². The maximum absolute atomic E-state index is 13.3. The molecule has 0 amide bonds. The van der Waals surface area contributed by atoms with Crippen LogP contribution in [0.1, 0.15) is 64.2 Å². The molecule has 5 nitrogen and oxygen atoms in total. The van der Waals surface area contributed by atoms with Gasteiger partial charge in [-0.2, -0.15) is 13.2 Å². The molecule has 2 aliphatic carbocycles. The van der Waals surface area contributed by atoms with Crippen molar-refractivity contribution in [3.8, 4) is 0 Å². The van der Waals surface area contributed by atoms with Crippen molar-refractivity contribution in [3.63, 3.8) is 0 Å². The Morgan fingerprint density at radius 3 is 2.53 bits per heavy atom. The second-order valence-electron chi connectivity index (χ2n) is 9.74. The molecule has 8 heteroatoms. The van der Waals surface area contributed by atoms with E-state index in [9.17, 15) is 23.1 Å². The van der Waals surface area contributed by atoms with Gasteiger partial charge in [-0.05, 0) is 56.8 Å². The van der Waals surface area contributed by atoms with E-state index < -0.39 is 36.4 Å². The Bertz CT molecular complexity index is 595. The van der Waals surface area contributed by atoms with Crippen LogP contribution >= 0.6 is 0 Å². The van der Waals surface area contributed by atoms with Crippen LogP contribution in [-0.2, 0) is 14.3 Å². The summed E-state index contributed by atoms with van der Waals surface area (Å²) in [5.74, 6) is -0.391. The Kier molecular flexibility index (Phi) is 7.07. The lowest BCUT2D eigenvalue weighted by Crippen LogP contribution is -2.60. The minimum atomic E-state index is -4.35. The highest BCUT2D eigenvalue weighted by Gasteiger charge is 2.51. The number of piperidine rings is 1. The first kappa shape index (κ1) is 22.5. The molecule has 4 fully saturated rings. The number of aliphatic hydroxyl groups excluding tert-OH is 1. The fraction of sp³-hybridized carbons (Fsp3) is 0.955.